The number of benzene rings is 1. The average Bonchev–Trinajstić information content (AvgIpc) is 2.76. The van der Waals surface area contributed by atoms with Crippen LogP contribution in [0, 0.1) is 0 Å². The maximum absolute atomic E-state index is 12.2. The molecule has 1 aromatic rings. The van der Waals surface area contributed by atoms with Crippen LogP contribution in [-0.4, -0.2) is 24.5 Å². The summed E-state index contributed by atoms with van der Waals surface area (Å²) in [6.07, 6.45) is 18.2. The largest absolute Gasteiger partial charge is 0.464 e. The van der Waals surface area contributed by atoms with Gasteiger partial charge in [-0.2, -0.15) is 0 Å². The highest BCUT2D eigenvalue weighted by atomic mass is 79.9. The Morgan fingerprint density at radius 2 is 1.32 bits per heavy atom. The van der Waals surface area contributed by atoms with Crippen molar-refractivity contribution in [3.63, 3.8) is 0 Å². The van der Waals surface area contributed by atoms with Gasteiger partial charge in [0.05, 0.1) is 12.2 Å². The van der Waals surface area contributed by atoms with Crippen LogP contribution < -0.4 is 5.32 Å². The van der Waals surface area contributed by atoms with E-state index >= 15 is 0 Å². The standard InChI is InChI=1S/C26H42BrNO3/c1-3-4-5-6-7-8-9-10-11-12-13-14-15-18-21-31-26(30)22(2)28-25(29)23-19-16-17-20-24(23)27/h16-17,19-20,22H,3-15,18,21H2,1-2H3,(H,28,29). The third kappa shape index (κ3) is 13.6. The van der Waals surface area contributed by atoms with Crippen LogP contribution in [0.4, 0.5) is 0 Å². The maximum Gasteiger partial charge on any atom is 0.328 e. The van der Waals surface area contributed by atoms with Crippen LogP contribution in [0.15, 0.2) is 28.7 Å². The molecule has 0 saturated heterocycles. The van der Waals surface area contributed by atoms with E-state index in [-0.39, 0.29) is 11.9 Å². The Labute approximate surface area is 198 Å². The second kappa shape index (κ2) is 18.2. The molecule has 5 heteroatoms. The topological polar surface area (TPSA) is 55.4 Å². The summed E-state index contributed by atoms with van der Waals surface area (Å²) in [5.74, 6) is -0.663. The molecule has 1 rings (SSSR count). The van der Waals surface area contributed by atoms with Crippen LogP contribution in [0.25, 0.3) is 0 Å². The molecule has 0 bridgehead atoms. The Bertz CT molecular complexity index is 620. The van der Waals surface area contributed by atoms with Crippen LogP contribution in [-0.2, 0) is 9.53 Å². The van der Waals surface area contributed by atoms with E-state index < -0.39 is 6.04 Å². The van der Waals surface area contributed by atoms with Gasteiger partial charge in [0.2, 0.25) is 0 Å². The fourth-order valence-electron chi connectivity index (χ4n) is 3.57. The molecule has 31 heavy (non-hydrogen) atoms. The number of ether oxygens (including phenoxy) is 1. The normalized spacial score (nSPS) is 11.8. The lowest BCUT2D eigenvalue weighted by atomic mass is 10.0. The number of amides is 1. The van der Waals surface area contributed by atoms with Gasteiger partial charge in [-0.1, -0.05) is 103 Å². The van der Waals surface area contributed by atoms with Crippen LogP contribution in [0.3, 0.4) is 0 Å². The highest BCUT2D eigenvalue weighted by Gasteiger charge is 2.18. The molecule has 0 spiro atoms. The third-order valence-corrected chi connectivity index (χ3v) is 6.25. The summed E-state index contributed by atoms with van der Waals surface area (Å²) in [7, 11) is 0. The van der Waals surface area contributed by atoms with Gasteiger partial charge in [-0.05, 0) is 41.4 Å². The van der Waals surface area contributed by atoms with E-state index in [1.54, 1.807) is 25.1 Å². The van der Waals surface area contributed by atoms with Gasteiger partial charge in [-0.15, -0.1) is 0 Å². The van der Waals surface area contributed by atoms with E-state index in [9.17, 15) is 9.59 Å². The van der Waals surface area contributed by atoms with Crippen LogP contribution in [0.2, 0.25) is 0 Å². The number of esters is 1. The van der Waals surface area contributed by atoms with Gasteiger partial charge in [0.15, 0.2) is 0 Å². The SMILES string of the molecule is CCCCCCCCCCCCCCCCOC(=O)C(C)NC(=O)c1ccccc1Br. The molecular formula is C26H42BrNO3. The molecule has 1 N–H and O–H groups in total. The van der Waals surface area contributed by atoms with Gasteiger partial charge < -0.3 is 10.1 Å². The molecule has 176 valence electrons. The quantitative estimate of drug-likeness (QED) is 0.168. The minimum absolute atomic E-state index is 0.284. The van der Waals surface area contributed by atoms with Gasteiger partial charge in [0, 0.05) is 4.47 Å². The Kier molecular flexibility index (Phi) is 16.3. The number of hydrogen-bond donors (Lipinski definition) is 1. The van der Waals surface area contributed by atoms with Crippen molar-refractivity contribution in [3.05, 3.63) is 34.3 Å². The number of carbonyl (C=O) groups is 2. The molecule has 1 amide bonds. The Balaban J connectivity index is 1.95. The van der Waals surface area contributed by atoms with Crippen molar-refractivity contribution in [1.29, 1.82) is 0 Å². The smallest absolute Gasteiger partial charge is 0.328 e. The van der Waals surface area contributed by atoms with Crippen molar-refractivity contribution < 1.29 is 14.3 Å². The monoisotopic (exact) mass is 495 g/mol. The number of rotatable bonds is 18. The highest BCUT2D eigenvalue weighted by molar-refractivity contribution is 9.10. The number of carbonyl (C=O) groups excluding carboxylic acids is 2. The molecular weight excluding hydrogens is 454 g/mol. The fourth-order valence-corrected chi connectivity index (χ4v) is 4.04. The second-order valence-corrected chi connectivity index (χ2v) is 9.29. The predicted octanol–water partition coefficient (Wildman–Crippen LogP) is 7.59. The lowest BCUT2D eigenvalue weighted by Crippen LogP contribution is -2.39. The van der Waals surface area contributed by atoms with E-state index in [1.807, 2.05) is 6.07 Å². The molecule has 1 aromatic carbocycles. The molecule has 0 heterocycles. The van der Waals surface area contributed by atoms with Crippen molar-refractivity contribution in [1.82, 2.24) is 5.32 Å². The molecule has 0 saturated carbocycles. The van der Waals surface area contributed by atoms with Gasteiger partial charge in [-0.3, -0.25) is 4.79 Å². The second-order valence-electron chi connectivity index (χ2n) is 8.44. The molecule has 0 radical (unpaired) electrons. The zero-order chi connectivity index (χ0) is 22.7. The molecule has 0 fully saturated rings. The van der Waals surface area contributed by atoms with Gasteiger partial charge in [0.25, 0.3) is 5.91 Å². The number of nitrogens with one attached hydrogen (secondary N) is 1. The lowest BCUT2D eigenvalue weighted by molar-refractivity contribution is -0.145. The van der Waals surface area contributed by atoms with Crippen molar-refractivity contribution in [2.75, 3.05) is 6.61 Å². The van der Waals surface area contributed by atoms with Crippen LogP contribution >= 0.6 is 15.9 Å². The highest BCUT2D eigenvalue weighted by Crippen LogP contribution is 2.16. The van der Waals surface area contributed by atoms with Crippen LogP contribution in [0.1, 0.15) is 114 Å². The summed E-state index contributed by atoms with van der Waals surface area (Å²) >= 11 is 3.35. The summed E-state index contributed by atoms with van der Waals surface area (Å²) in [4.78, 5) is 24.3. The van der Waals surface area contributed by atoms with E-state index in [4.69, 9.17) is 4.74 Å². The van der Waals surface area contributed by atoms with Crippen molar-refractivity contribution in [2.45, 2.75) is 110 Å². The zero-order valence-corrected chi connectivity index (χ0v) is 21.2. The lowest BCUT2D eigenvalue weighted by Gasteiger charge is -2.14. The van der Waals surface area contributed by atoms with Gasteiger partial charge in [0.1, 0.15) is 6.04 Å². The summed E-state index contributed by atoms with van der Waals surface area (Å²) in [6, 6.07) is 6.48. The first-order valence-corrected chi connectivity index (χ1v) is 13.1. The average molecular weight is 497 g/mol. The molecule has 0 aliphatic heterocycles. The maximum atomic E-state index is 12.2. The third-order valence-electron chi connectivity index (χ3n) is 5.56. The Morgan fingerprint density at radius 1 is 0.839 bits per heavy atom. The first-order valence-electron chi connectivity index (χ1n) is 12.3. The molecule has 4 nitrogen and oxygen atoms in total. The van der Waals surface area contributed by atoms with Crippen molar-refractivity contribution >= 4 is 27.8 Å². The first kappa shape index (κ1) is 27.7. The summed E-state index contributed by atoms with van der Waals surface area (Å²) in [6.45, 7) is 4.34. The zero-order valence-electron chi connectivity index (χ0n) is 19.6. The number of halogens is 1. The number of unbranched alkanes of at least 4 members (excludes halogenated alkanes) is 13. The molecule has 0 aliphatic rings. The molecule has 0 aliphatic carbocycles. The van der Waals surface area contributed by atoms with E-state index in [0.717, 1.165) is 12.8 Å². The van der Waals surface area contributed by atoms with Crippen LogP contribution in [0.5, 0.6) is 0 Å². The Morgan fingerprint density at radius 3 is 1.84 bits per heavy atom. The molecule has 1 atom stereocenters. The van der Waals surface area contributed by atoms with Gasteiger partial charge in [-0.25, -0.2) is 4.79 Å². The minimum Gasteiger partial charge on any atom is -0.464 e. The molecule has 0 aromatic heterocycles. The van der Waals surface area contributed by atoms with Gasteiger partial charge >= 0.3 is 5.97 Å². The molecule has 1 unspecified atom stereocenters. The number of hydrogen-bond acceptors (Lipinski definition) is 3. The van der Waals surface area contributed by atoms with E-state index in [1.165, 1.54) is 77.0 Å². The van der Waals surface area contributed by atoms with Crippen molar-refractivity contribution in [3.8, 4) is 0 Å². The summed E-state index contributed by atoms with van der Waals surface area (Å²) in [5.41, 5.74) is 0.508. The van der Waals surface area contributed by atoms with Crippen molar-refractivity contribution in [2.24, 2.45) is 0 Å². The van der Waals surface area contributed by atoms with E-state index in [0.29, 0.717) is 16.6 Å². The summed E-state index contributed by atoms with van der Waals surface area (Å²) in [5, 5.41) is 2.70. The summed E-state index contributed by atoms with van der Waals surface area (Å²) < 4.78 is 6.02. The fraction of sp³-hybridized carbons (Fsp3) is 0.692. The first-order chi connectivity index (χ1) is 15.1. The van der Waals surface area contributed by atoms with E-state index in [2.05, 4.69) is 28.2 Å². The predicted molar refractivity (Wildman–Crippen MR) is 132 cm³/mol. The minimum atomic E-state index is -0.661. The Hall–Kier alpha value is -1.36.